The first-order chi connectivity index (χ1) is 8.41. The number of esters is 1. The highest BCUT2D eigenvalue weighted by Gasteiger charge is 2.02. The Morgan fingerprint density at radius 2 is 2.00 bits per heavy atom. The molecular formula is C15H26O3. The molecule has 0 aromatic heterocycles. The fraction of sp³-hybridized carbons (Fsp3) is 0.667. The normalized spacial score (nSPS) is 14.3. The van der Waals surface area contributed by atoms with E-state index in [4.69, 9.17) is 4.74 Å². The van der Waals surface area contributed by atoms with Crippen molar-refractivity contribution in [3.8, 4) is 0 Å². The topological polar surface area (TPSA) is 46.5 Å². The maximum absolute atomic E-state index is 10.5. The van der Waals surface area contributed by atoms with Crippen LogP contribution in [0.1, 0.15) is 47.0 Å². The summed E-state index contributed by atoms with van der Waals surface area (Å²) in [7, 11) is 0. The number of rotatable bonds is 8. The lowest BCUT2D eigenvalue weighted by Gasteiger charge is -2.08. The highest BCUT2D eigenvalue weighted by atomic mass is 16.5. The molecule has 0 rings (SSSR count). The lowest BCUT2D eigenvalue weighted by molar-refractivity contribution is -0.143. The molecule has 18 heavy (non-hydrogen) atoms. The van der Waals surface area contributed by atoms with Gasteiger partial charge in [-0.2, -0.15) is 0 Å². The Balaban J connectivity index is 3.72. The van der Waals surface area contributed by atoms with Crippen molar-refractivity contribution < 1.29 is 14.6 Å². The summed E-state index contributed by atoms with van der Waals surface area (Å²) in [5.74, 6) is 0.232. The summed E-state index contributed by atoms with van der Waals surface area (Å²) in [6.07, 6.45) is 8.40. The molecule has 0 heterocycles. The molecule has 0 aliphatic rings. The van der Waals surface area contributed by atoms with Gasteiger partial charge in [0, 0.05) is 6.92 Å². The number of hydrogen-bond donors (Lipinski definition) is 1. The largest absolute Gasteiger partial charge is 0.463 e. The lowest BCUT2D eigenvalue weighted by Crippen LogP contribution is -2.14. The van der Waals surface area contributed by atoms with E-state index in [1.54, 1.807) is 6.08 Å². The van der Waals surface area contributed by atoms with Crippen LogP contribution in [-0.2, 0) is 9.53 Å². The van der Waals surface area contributed by atoms with E-state index in [9.17, 15) is 9.90 Å². The Morgan fingerprint density at radius 3 is 2.56 bits per heavy atom. The number of carbonyl (C=O) groups excluding carboxylic acids is 1. The van der Waals surface area contributed by atoms with E-state index in [0.717, 1.165) is 19.3 Å². The lowest BCUT2D eigenvalue weighted by atomic mass is 10.0. The van der Waals surface area contributed by atoms with Crippen molar-refractivity contribution in [1.29, 1.82) is 0 Å². The quantitative estimate of drug-likeness (QED) is 0.534. The van der Waals surface area contributed by atoms with Gasteiger partial charge in [-0.3, -0.25) is 4.79 Å². The van der Waals surface area contributed by atoms with Crippen molar-refractivity contribution in [1.82, 2.24) is 0 Å². The van der Waals surface area contributed by atoms with Crippen LogP contribution in [0.25, 0.3) is 0 Å². The first-order valence-corrected chi connectivity index (χ1v) is 6.53. The molecule has 0 aromatic rings. The van der Waals surface area contributed by atoms with Crippen molar-refractivity contribution in [3.63, 3.8) is 0 Å². The molecule has 0 unspecified atom stereocenters. The van der Waals surface area contributed by atoms with Gasteiger partial charge in [0.15, 0.2) is 0 Å². The SMILES string of the molecule is CC(=O)OC[C@H](O)/C=C/C[C@H](C)CCC=C(C)C. The van der Waals surface area contributed by atoms with Crippen LogP contribution in [0.3, 0.4) is 0 Å². The third kappa shape index (κ3) is 11.4. The Bertz CT molecular complexity index is 288. The average molecular weight is 254 g/mol. The monoisotopic (exact) mass is 254 g/mol. The van der Waals surface area contributed by atoms with E-state index in [0.29, 0.717) is 5.92 Å². The van der Waals surface area contributed by atoms with Crippen LogP contribution < -0.4 is 0 Å². The number of aliphatic hydroxyl groups excluding tert-OH is 1. The first-order valence-electron chi connectivity index (χ1n) is 6.53. The molecule has 0 bridgehead atoms. The summed E-state index contributed by atoms with van der Waals surface area (Å²) in [6.45, 7) is 7.78. The maximum atomic E-state index is 10.5. The Kier molecular flexibility index (Phi) is 9.29. The summed E-state index contributed by atoms with van der Waals surface area (Å²) in [6, 6.07) is 0. The molecule has 3 nitrogen and oxygen atoms in total. The molecular weight excluding hydrogens is 228 g/mol. The van der Waals surface area contributed by atoms with Crippen molar-refractivity contribution in [2.24, 2.45) is 5.92 Å². The summed E-state index contributed by atoms with van der Waals surface area (Å²) in [5.41, 5.74) is 1.36. The van der Waals surface area contributed by atoms with E-state index in [1.807, 2.05) is 6.08 Å². The molecule has 0 saturated carbocycles. The van der Waals surface area contributed by atoms with E-state index in [1.165, 1.54) is 12.5 Å². The minimum atomic E-state index is -0.695. The average Bonchev–Trinajstić information content (AvgIpc) is 2.25. The number of aliphatic hydroxyl groups is 1. The standard InChI is InChI=1S/C15H26O3/c1-12(2)7-5-8-13(3)9-6-10-15(17)11-18-14(4)16/h6-7,10,13,15,17H,5,8-9,11H2,1-4H3/b10-6+/t13-,15-/m1/s1. The minimum absolute atomic E-state index is 0.0397. The first kappa shape index (κ1) is 16.9. The van der Waals surface area contributed by atoms with Crippen LogP contribution in [0, 0.1) is 5.92 Å². The number of carbonyl (C=O) groups is 1. The molecule has 3 heteroatoms. The van der Waals surface area contributed by atoms with E-state index >= 15 is 0 Å². The zero-order valence-electron chi connectivity index (χ0n) is 12.0. The second-order valence-corrected chi connectivity index (χ2v) is 5.00. The van der Waals surface area contributed by atoms with Gasteiger partial charge in [-0.25, -0.2) is 0 Å². The molecule has 0 aliphatic heterocycles. The number of ether oxygens (including phenoxy) is 1. The Morgan fingerprint density at radius 1 is 1.33 bits per heavy atom. The van der Waals surface area contributed by atoms with Gasteiger partial charge < -0.3 is 9.84 Å². The highest BCUT2D eigenvalue weighted by molar-refractivity contribution is 5.65. The molecule has 1 N–H and O–H groups in total. The third-order valence-electron chi connectivity index (χ3n) is 2.57. The molecule has 0 aliphatic carbocycles. The summed E-state index contributed by atoms with van der Waals surface area (Å²) in [4.78, 5) is 10.5. The predicted molar refractivity (Wildman–Crippen MR) is 74.2 cm³/mol. The number of allylic oxidation sites excluding steroid dienone is 3. The van der Waals surface area contributed by atoms with Crippen LogP contribution in [0.15, 0.2) is 23.8 Å². The molecule has 2 atom stereocenters. The van der Waals surface area contributed by atoms with Gasteiger partial charge in [0.2, 0.25) is 0 Å². The highest BCUT2D eigenvalue weighted by Crippen LogP contribution is 2.12. The molecule has 0 radical (unpaired) electrons. The zero-order valence-corrected chi connectivity index (χ0v) is 12.0. The van der Waals surface area contributed by atoms with Gasteiger partial charge >= 0.3 is 5.97 Å². The van der Waals surface area contributed by atoms with Crippen LogP contribution in [0.2, 0.25) is 0 Å². The fourth-order valence-corrected chi connectivity index (χ4v) is 1.50. The fourth-order valence-electron chi connectivity index (χ4n) is 1.50. The second kappa shape index (κ2) is 9.89. The molecule has 0 saturated heterocycles. The van der Waals surface area contributed by atoms with Crippen LogP contribution in [0.5, 0.6) is 0 Å². The molecule has 0 aromatic carbocycles. The van der Waals surface area contributed by atoms with Gasteiger partial charge in [-0.15, -0.1) is 0 Å². The van der Waals surface area contributed by atoms with Crippen molar-refractivity contribution >= 4 is 5.97 Å². The molecule has 104 valence electrons. The summed E-state index contributed by atoms with van der Waals surface area (Å²) < 4.78 is 4.70. The van der Waals surface area contributed by atoms with Gasteiger partial charge in [0.25, 0.3) is 0 Å². The Hall–Kier alpha value is -1.09. The smallest absolute Gasteiger partial charge is 0.302 e. The maximum Gasteiger partial charge on any atom is 0.302 e. The summed E-state index contributed by atoms with van der Waals surface area (Å²) >= 11 is 0. The number of hydrogen-bond acceptors (Lipinski definition) is 3. The third-order valence-corrected chi connectivity index (χ3v) is 2.57. The van der Waals surface area contributed by atoms with E-state index < -0.39 is 6.10 Å². The molecule has 0 fully saturated rings. The van der Waals surface area contributed by atoms with E-state index in [2.05, 4.69) is 26.8 Å². The van der Waals surface area contributed by atoms with Crippen molar-refractivity contribution in [2.75, 3.05) is 6.61 Å². The minimum Gasteiger partial charge on any atom is -0.463 e. The van der Waals surface area contributed by atoms with Gasteiger partial charge in [0.1, 0.15) is 12.7 Å². The van der Waals surface area contributed by atoms with Crippen LogP contribution in [-0.4, -0.2) is 23.8 Å². The van der Waals surface area contributed by atoms with E-state index in [-0.39, 0.29) is 12.6 Å². The van der Waals surface area contributed by atoms with Crippen molar-refractivity contribution in [3.05, 3.63) is 23.8 Å². The zero-order chi connectivity index (χ0) is 14.0. The predicted octanol–water partition coefficient (Wildman–Crippen LogP) is 3.24. The van der Waals surface area contributed by atoms with Gasteiger partial charge in [-0.1, -0.05) is 30.7 Å². The van der Waals surface area contributed by atoms with Crippen LogP contribution in [0.4, 0.5) is 0 Å². The molecule has 0 spiro atoms. The second-order valence-electron chi connectivity index (χ2n) is 5.00. The summed E-state index contributed by atoms with van der Waals surface area (Å²) in [5, 5.41) is 9.49. The van der Waals surface area contributed by atoms with Gasteiger partial charge in [0.05, 0.1) is 0 Å². The Labute approximate surface area is 111 Å². The van der Waals surface area contributed by atoms with Gasteiger partial charge in [-0.05, 0) is 39.0 Å². The molecule has 0 amide bonds. The van der Waals surface area contributed by atoms with Crippen LogP contribution >= 0.6 is 0 Å². The van der Waals surface area contributed by atoms with Crippen molar-refractivity contribution in [2.45, 2.75) is 53.1 Å².